The molecular formula is C22H23NO4. The van der Waals surface area contributed by atoms with Crippen LogP contribution in [0.4, 0.5) is 5.69 Å². The first-order valence-corrected chi connectivity index (χ1v) is 8.67. The van der Waals surface area contributed by atoms with Gasteiger partial charge >= 0.3 is 0 Å². The van der Waals surface area contributed by atoms with Crippen LogP contribution in [0.2, 0.25) is 0 Å². The van der Waals surface area contributed by atoms with Gasteiger partial charge in [0, 0.05) is 22.4 Å². The van der Waals surface area contributed by atoms with Crippen LogP contribution in [0, 0.1) is 13.8 Å². The van der Waals surface area contributed by atoms with E-state index in [2.05, 4.69) is 0 Å². The zero-order chi connectivity index (χ0) is 20.3. The lowest BCUT2D eigenvalue weighted by Crippen LogP contribution is -2.09. The van der Waals surface area contributed by atoms with Gasteiger partial charge in [0.25, 0.3) is 0 Å². The highest BCUT2D eigenvalue weighted by molar-refractivity contribution is 6.10. The summed E-state index contributed by atoms with van der Waals surface area (Å²) in [7, 11) is 0. The summed E-state index contributed by atoms with van der Waals surface area (Å²) < 4.78 is 0. The van der Waals surface area contributed by atoms with Gasteiger partial charge in [-0.25, -0.2) is 0 Å². The van der Waals surface area contributed by atoms with E-state index >= 15 is 0 Å². The summed E-state index contributed by atoms with van der Waals surface area (Å²) in [5.74, 6) is -0.821. The summed E-state index contributed by atoms with van der Waals surface area (Å²) >= 11 is 0. The number of carbonyl (C=O) groups is 4. The van der Waals surface area contributed by atoms with Crippen LogP contribution >= 0.6 is 0 Å². The molecule has 140 valence electrons. The van der Waals surface area contributed by atoms with Gasteiger partial charge in [0.05, 0.1) is 12.8 Å². The molecule has 0 atom stereocenters. The van der Waals surface area contributed by atoms with E-state index in [1.54, 1.807) is 31.2 Å². The number of anilines is 1. The maximum Gasteiger partial charge on any atom is 0.170 e. The number of benzene rings is 2. The van der Waals surface area contributed by atoms with Crippen molar-refractivity contribution in [1.82, 2.24) is 0 Å². The van der Waals surface area contributed by atoms with Gasteiger partial charge in [-0.2, -0.15) is 0 Å². The van der Waals surface area contributed by atoms with Crippen LogP contribution in [0.3, 0.4) is 0 Å². The van der Waals surface area contributed by atoms with Crippen molar-refractivity contribution in [2.24, 2.45) is 0 Å². The Kier molecular flexibility index (Phi) is 6.05. The molecule has 0 saturated carbocycles. The van der Waals surface area contributed by atoms with Crippen molar-refractivity contribution in [3.05, 3.63) is 52.6 Å². The van der Waals surface area contributed by atoms with Gasteiger partial charge in [-0.15, -0.1) is 0 Å². The molecule has 0 unspecified atom stereocenters. The van der Waals surface area contributed by atoms with E-state index in [1.807, 2.05) is 13.0 Å². The molecule has 0 aliphatic heterocycles. The maximum atomic E-state index is 12.2. The third kappa shape index (κ3) is 4.56. The van der Waals surface area contributed by atoms with Gasteiger partial charge in [0.1, 0.15) is 11.6 Å². The maximum absolute atomic E-state index is 12.2. The molecule has 5 heteroatoms. The largest absolute Gasteiger partial charge is 0.398 e. The Labute approximate surface area is 158 Å². The fourth-order valence-electron chi connectivity index (χ4n) is 3.07. The minimum Gasteiger partial charge on any atom is -0.398 e. The highest BCUT2D eigenvalue weighted by Crippen LogP contribution is 2.32. The highest BCUT2D eigenvalue weighted by atomic mass is 16.2. The molecule has 0 spiro atoms. The number of Topliss-reactive ketones (excluding diaryl/α,β-unsaturated/α-hetero) is 4. The minimum absolute atomic E-state index is 0.117. The summed E-state index contributed by atoms with van der Waals surface area (Å²) in [6, 6.07) is 8.75. The van der Waals surface area contributed by atoms with Crippen LogP contribution < -0.4 is 5.73 Å². The first kappa shape index (κ1) is 20.2. The second kappa shape index (κ2) is 8.08. The number of hydrogen-bond donors (Lipinski definition) is 1. The zero-order valence-corrected chi connectivity index (χ0v) is 16.0. The normalized spacial score (nSPS) is 10.5. The second-order valence-electron chi connectivity index (χ2n) is 6.83. The number of carbonyl (C=O) groups excluding carboxylic acids is 4. The average molecular weight is 365 g/mol. The lowest BCUT2D eigenvalue weighted by Gasteiger charge is -2.14. The Bertz CT molecular complexity index is 957. The van der Waals surface area contributed by atoms with Gasteiger partial charge in [-0.05, 0) is 44.4 Å². The van der Waals surface area contributed by atoms with Crippen molar-refractivity contribution in [2.45, 2.75) is 40.5 Å². The number of ketones is 4. The summed E-state index contributed by atoms with van der Waals surface area (Å²) in [6.07, 6.45) is -0.264. The molecule has 0 fully saturated rings. The van der Waals surface area contributed by atoms with Crippen LogP contribution in [0.15, 0.2) is 30.3 Å². The predicted octanol–water partition coefficient (Wildman–Crippen LogP) is 3.88. The lowest BCUT2D eigenvalue weighted by molar-refractivity contribution is -0.117. The summed E-state index contributed by atoms with van der Waals surface area (Å²) in [5, 5.41) is 0. The van der Waals surface area contributed by atoms with E-state index in [0.29, 0.717) is 22.4 Å². The van der Waals surface area contributed by atoms with Gasteiger partial charge in [-0.3, -0.25) is 19.2 Å². The molecule has 2 N–H and O–H groups in total. The Morgan fingerprint density at radius 1 is 0.815 bits per heavy atom. The molecule has 0 radical (unpaired) electrons. The molecule has 2 aromatic carbocycles. The molecule has 0 amide bonds. The molecule has 0 aromatic heterocycles. The topological polar surface area (TPSA) is 94.3 Å². The number of nitrogens with two attached hydrogens (primary N) is 1. The quantitative estimate of drug-likeness (QED) is 0.456. The minimum atomic E-state index is -0.250. The number of nitrogen functional groups attached to an aromatic ring is 1. The van der Waals surface area contributed by atoms with E-state index in [9.17, 15) is 19.2 Å². The van der Waals surface area contributed by atoms with E-state index in [4.69, 9.17) is 5.73 Å². The molecule has 2 aromatic rings. The van der Waals surface area contributed by atoms with Crippen LogP contribution in [-0.4, -0.2) is 23.1 Å². The highest BCUT2D eigenvalue weighted by Gasteiger charge is 2.17. The summed E-state index contributed by atoms with van der Waals surface area (Å²) in [5.41, 5.74) is 10.6. The fourth-order valence-corrected chi connectivity index (χ4v) is 3.07. The van der Waals surface area contributed by atoms with E-state index in [1.165, 1.54) is 13.8 Å². The molecule has 0 heterocycles. The average Bonchev–Trinajstić information content (AvgIpc) is 2.55. The Hall–Kier alpha value is -3.08. The van der Waals surface area contributed by atoms with Gasteiger partial charge in [0.2, 0.25) is 0 Å². The molecule has 0 bridgehead atoms. The smallest absolute Gasteiger partial charge is 0.170 e. The summed E-state index contributed by atoms with van der Waals surface area (Å²) in [4.78, 5) is 46.7. The van der Waals surface area contributed by atoms with E-state index < -0.39 is 0 Å². The van der Waals surface area contributed by atoms with Crippen LogP contribution in [0.5, 0.6) is 0 Å². The van der Waals surface area contributed by atoms with E-state index in [0.717, 1.165) is 16.7 Å². The third-order valence-corrected chi connectivity index (χ3v) is 4.47. The second-order valence-corrected chi connectivity index (χ2v) is 6.83. The number of aryl methyl sites for hydroxylation is 1. The van der Waals surface area contributed by atoms with Crippen LogP contribution in [-0.2, 0) is 9.59 Å². The van der Waals surface area contributed by atoms with E-state index in [-0.39, 0.29) is 36.0 Å². The molecule has 0 aliphatic rings. The summed E-state index contributed by atoms with van der Waals surface area (Å²) in [6.45, 7) is 6.33. The van der Waals surface area contributed by atoms with Crippen LogP contribution in [0.25, 0.3) is 11.1 Å². The van der Waals surface area contributed by atoms with Crippen molar-refractivity contribution in [1.29, 1.82) is 0 Å². The molecule has 0 saturated heterocycles. The first-order valence-electron chi connectivity index (χ1n) is 8.67. The standard InChI is InChI=1S/C22H23NO4/c1-12-9-16(5-6-17(12)20(26)10-13(2)24)19-8-7-18(15(4)22(19)23)21(27)11-14(3)25/h5-9H,10-11,23H2,1-4H3. The number of hydrogen-bond acceptors (Lipinski definition) is 5. The molecule has 0 aliphatic carbocycles. The van der Waals surface area contributed by atoms with Gasteiger partial charge < -0.3 is 5.73 Å². The monoisotopic (exact) mass is 365 g/mol. The van der Waals surface area contributed by atoms with Crippen molar-refractivity contribution in [2.75, 3.05) is 5.73 Å². The molecule has 5 nitrogen and oxygen atoms in total. The SMILES string of the molecule is CC(=O)CC(=O)c1ccc(-c2ccc(C(=O)CC(C)=O)c(C)c2N)cc1C. The van der Waals surface area contributed by atoms with Crippen molar-refractivity contribution >= 4 is 28.8 Å². The Balaban J connectivity index is 2.41. The first-order chi connectivity index (χ1) is 12.6. The zero-order valence-electron chi connectivity index (χ0n) is 16.0. The Morgan fingerprint density at radius 3 is 1.85 bits per heavy atom. The molecular weight excluding hydrogens is 342 g/mol. The predicted molar refractivity (Wildman–Crippen MR) is 105 cm³/mol. The third-order valence-electron chi connectivity index (χ3n) is 4.47. The molecule has 27 heavy (non-hydrogen) atoms. The number of rotatable bonds is 7. The fraction of sp³-hybridized carbons (Fsp3) is 0.273. The lowest BCUT2D eigenvalue weighted by atomic mass is 9.91. The molecule has 2 rings (SSSR count). The van der Waals surface area contributed by atoms with Crippen LogP contribution in [0.1, 0.15) is 58.5 Å². The Morgan fingerprint density at radius 2 is 1.33 bits per heavy atom. The van der Waals surface area contributed by atoms with Crippen molar-refractivity contribution in [3.63, 3.8) is 0 Å². The van der Waals surface area contributed by atoms with Crippen molar-refractivity contribution in [3.8, 4) is 11.1 Å². The van der Waals surface area contributed by atoms with Gasteiger partial charge in [-0.1, -0.05) is 30.3 Å². The van der Waals surface area contributed by atoms with Crippen molar-refractivity contribution < 1.29 is 19.2 Å². The van der Waals surface area contributed by atoms with Gasteiger partial charge in [0.15, 0.2) is 11.6 Å².